The second-order valence-corrected chi connectivity index (χ2v) is 5.82. The average molecular weight is 322 g/mol. The van der Waals surface area contributed by atoms with E-state index in [1.165, 1.54) is 5.56 Å². The summed E-state index contributed by atoms with van der Waals surface area (Å²) < 4.78 is 1.90. The first-order chi connectivity index (χ1) is 11.7. The van der Waals surface area contributed by atoms with Crippen molar-refractivity contribution in [1.82, 2.24) is 30.0 Å². The summed E-state index contributed by atoms with van der Waals surface area (Å²) in [5, 5.41) is 7.64. The van der Waals surface area contributed by atoms with Crippen molar-refractivity contribution >= 4 is 0 Å². The van der Waals surface area contributed by atoms with E-state index in [-0.39, 0.29) is 6.04 Å². The van der Waals surface area contributed by atoms with Gasteiger partial charge in [0.1, 0.15) is 12.2 Å². The number of aromatic nitrogens is 5. The van der Waals surface area contributed by atoms with E-state index in [1.54, 1.807) is 6.33 Å². The van der Waals surface area contributed by atoms with Gasteiger partial charge in [0.25, 0.3) is 0 Å². The minimum absolute atomic E-state index is 0.115. The van der Waals surface area contributed by atoms with E-state index in [1.807, 2.05) is 29.2 Å². The number of rotatable bonds is 6. The molecule has 3 rings (SSSR count). The molecule has 1 atom stereocenters. The van der Waals surface area contributed by atoms with Crippen LogP contribution in [0.5, 0.6) is 0 Å². The summed E-state index contributed by atoms with van der Waals surface area (Å²) in [5.41, 5.74) is 3.29. The minimum Gasteiger partial charge on any atom is -0.303 e. The Bertz CT molecular complexity index is 793. The van der Waals surface area contributed by atoms with Gasteiger partial charge in [0.15, 0.2) is 5.82 Å². The van der Waals surface area contributed by atoms with Crippen molar-refractivity contribution in [3.05, 3.63) is 59.9 Å². The van der Waals surface area contributed by atoms with Gasteiger partial charge in [0.05, 0.1) is 6.04 Å². The molecular formula is C18H22N6. The molecular weight excluding hydrogens is 300 g/mol. The third-order valence-electron chi connectivity index (χ3n) is 3.93. The largest absolute Gasteiger partial charge is 0.303 e. The lowest BCUT2D eigenvalue weighted by atomic mass is 10.1. The Balaban J connectivity index is 1.64. The van der Waals surface area contributed by atoms with Crippen molar-refractivity contribution in [3.8, 4) is 11.4 Å². The number of benzene rings is 1. The number of hydrogen-bond donors (Lipinski definition) is 1. The first kappa shape index (κ1) is 16.3. The van der Waals surface area contributed by atoms with Gasteiger partial charge in [-0.05, 0) is 26.8 Å². The van der Waals surface area contributed by atoms with Gasteiger partial charge >= 0.3 is 0 Å². The molecule has 1 N–H and O–H groups in total. The zero-order chi connectivity index (χ0) is 16.9. The Kier molecular flexibility index (Phi) is 4.96. The van der Waals surface area contributed by atoms with Crippen LogP contribution in [0.2, 0.25) is 0 Å². The molecule has 0 aliphatic carbocycles. The molecule has 0 amide bonds. The van der Waals surface area contributed by atoms with Crippen LogP contribution < -0.4 is 5.32 Å². The zero-order valence-corrected chi connectivity index (χ0v) is 14.3. The molecule has 0 spiro atoms. The van der Waals surface area contributed by atoms with Gasteiger partial charge in [0.2, 0.25) is 0 Å². The van der Waals surface area contributed by atoms with Crippen LogP contribution in [-0.2, 0) is 13.1 Å². The maximum absolute atomic E-state index is 4.48. The van der Waals surface area contributed by atoms with Crippen LogP contribution in [0.25, 0.3) is 11.4 Å². The summed E-state index contributed by atoms with van der Waals surface area (Å²) in [6, 6.07) is 8.32. The third-order valence-corrected chi connectivity index (χ3v) is 3.93. The summed E-state index contributed by atoms with van der Waals surface area (Å²) >= 11 is 0. The monoisotopic (exact) mass is 322 g/mol. The topological polar surface area (TPSA) is 68.5 Å². The van der Waals surface area contributed by atoms with Crippen LogP contribution in [0.1, 0.15) is 36.8 Å². The summed E-state index contributed by atoms with van der Waals surface area (Å²) in [6.45, 7) is 7.71. The van der Waals surface area contributed by atoms with Crippen LogP contribution >= 0.6 is 0 Å². The van der Waals surface area contributed by atoms with E-state index in [9.17, 15) is 0 Å². The van der Waals surface area contributed by atoms with Crippen LogP contribution in [-0.4, -0.2) is 24.7 Å². The lowest BCUT2D eigenvalue weighted by Crippen LogP contribution is -2.22. The van der Waals surface area contributed by atoms with Crippen molar-refractivity contribution in [1.29, 1.82) is 0 Å². The second kappa shape index (κ2) is 7.31. The van der Waals surface area contributed by atoms with Gasteiger partial charge in [-0.1, -0.05) is 23.8 Å². The van der Waals surface area contributed by atoms with Gasteiger partial charge in [-0.3, -0.25) is 0 Å². The molecule has 1 aromatic carbocycles. The molecule has 0 fully saturated rings. The zero-order valence-electron chi connectivity index (χ0n) is 14.3. The predicted octanol–water partition coefficient (Wildman–Crippen LogP) is 2.91. The molecule has 0 saturated carbocycles. The van der Waals surface area contributed by atoms with E-state index in [4.69, 9.17) is 0 Å². The van der Waals surface area contributed by atoms with Crippen LogP contribution in [0.15, 0.2) is 43.0 Å². The molecule has 2 aromatic heterocycles. The molecule has 0 saturated heterocycles. The molecule has 124 valence electrons. The standard InChI is InChI=1S/C18H22N6/c1-4-24-18(22-12-23-24)14(3)19-9-15-10-20-17(21-11-15)16-7-5-6-13(2)8-16/h5-8,10-12,14,19H,4,9H2,1-3H3/t14-/m0/s1. The molecule has 3 aromatic rings. The summed E-state index contributed by atoms with van der Waals surface area (Å²) in [5.74, 6) is 1.69. The van der Waals surface area contributed by atoms with Crippen molar-refractivity contribution in [2.24, 2.45) is 0 Å². The molecule has 2 heterocycles. The summed E-state index contributed by atoms with van der Waals surface area (Å²) in [6.07, 6.45) is 5.33. The molecule has 6 nitrogen and oxygen atoms in total. The first-order valence-electron chi connectivity index (χ1n) is 8.16. The number of nitrogens with one attached hydrogen (secondary N) is 1. The van der Waals surface area contributed by atoms with Crippen molar-refractivity contribution in [2.75, 3.05) is 0 Å². The molecule has 0 radical (unpaired) electrons. The van der Waals surface area contributed by atoms with E-state index >= 15 is 0 Å². The quantitative estimate of drug-likeness (QED) is 0.756. The van der Waals surface area contributed by atoms with E-state index in [0.29, 0.717) is 6.54 Å². The lowest BCUT2D eigenvalue weighted by Gasteiger charge is -2.13. The molecule has 24 heavy (non-hydrogen) atoms. The maximum atomic E-state index is 4.48. The Hall–Kier alpha value is -2.60. The fourth-order valence-electron chi connectivity index (χ4n) is 2.59. The Morgan fingerprint density at radius 3 is 2.67 bits per heavy atom. The fourth-order valence-corrected chi connectivity index (χ4v) is 2.59. The third kappa shape index (κ3) is 3.65. The summed E-state index contributed by atoms with van der Waals surface area (Å²) in [4.78, 5) is 13.3. The van der Waals surface area contributed by atoms with Gasteiger partial charge in [-0.25, -0.2) is 19.6 Å². The van der Waals surface area contributed by atoms with E-state index in [2.05, 4.69) is 58.3 Å². The first-order valence-corrected chi connectivity index (χ1v) is 8.16. The number of hydrogen-bond acceptors (Lipinski definition) is 5. The van der Waals surface area contributed by atoms with Crippen molar-refractivity contribution < 1.29 is 0 Å². The SMILES string of the molecule is CCn1ncnc1[C@H](C)NCc1cnc(-c2cccc(C)c2)nc1. The van der Waals surface area contributed by atoms with Gasteiger partial charge in [0, 0.05) is 36.6 Å². The number of aryl methyl sites for hydroxylation is 2. The van der Waals surface area contributed by atoms with Crippen LogP contribution in [0.3, 0.4) is 0 Å². The average Bonchev–Trinajstić information content (AvgIpc) is 3.09. The van der Waals surface area contributed by atoms with Crippen LogP contribution in [0.4, 0.5) is 0 Å². The fraction of sp³-hybridized carbons (Fsp3) is 0.333. The molecule has 0 unspecified atom stereocenters. The highest BCUT2D eigenvalue weighted by atomic mass is 15.3. The second-order valence-electron chi connectivity index (χ2n) is 5.82. The van der Waals surface area contributed by atoms with E-state index < -0.39 is 0 Å². The Morgan fingerprint density at radius 1 is 1.17 bits per heavy atom. The highest BCUT2D eigenvalue weighted by molar-refractivity contribution is 5.55. The highest BCUT2D eigenvalue weighted by Crippen LogP contribution is 2.16. The normalized spacial score (nSPS) is 12.3. The smallest absolute Gasteiger partial charge is 0.159 e. The van der Waals surface area contributed by atoms with Crippen LogP contribution in [0, 0.1) is 6.92 Å². The molecule has 6 heteroatoms. The van der Waals surface area contributed by atoms with Gasteiger partial charge < -0.3 is 5.32 Å². The van der Waals surface area contributed by atoms with Gasteiger partial charge in [-0.15, -0.1) is 0 Å². The predicted molar refractivity (Wildman–Crippen MR) is 93.2 cm³/mol. The number of nitrogens with zero attached hydrogens (tertiary/aromatic N) is 5. The van der Waals surface area contributed by atoms with Gasteiger partial charge in [-0.2, -0.15) is 5.10 Å². The molecule has 0 aliphatic heterocycles. The molecule has 0 aliphatic rings. The van der Waals surface area contributed by atoms with Crippen molar-refractivity contribution in [3.63, 3.8) is 0 Å². The highest BCUT2D eigenvalue weighted by Gasteiger charge is 2.12. The minimum atomic E-state index is 0.115. The van der Waals surface area contributed by atoms with E-state index in [0.717, 1.165) is 29.3 Å². The maximum Gasteiger partial charge on any atom is 0.159 e. The lowest BCUT2D eigenvalue weighted by molar-refractivity contribution is 0.497. The Labute approximate surface area is 142 Å². The summed E-state index contributed by atoms with van der Waals surface area (Å²) in [7, 11) is 0. The van der Waals surface area contributed by atoms with Crippen molar-refractivity contribution in [2.45, 2.75) is 39.9 Å². The molecule has 0 bridgehead atoms. The Morgan fingerprint density at radius 2 is 1.96 bits per heavy atom.